The van der Waals surface area contributed by atoms with Gasteiger partial charge in [0, 0.05) is 17.3 Å². The highest BCUT2D eigenvalue weighted by molar-refractivity contribution is 5.95. The molecule has 1 heterocycles. The first-order chi connectivity index (χ1) is 9.11. The molecule has 0 radical (unpaired) electrons. The number of amides is 1. The number of hydrogen-bond acceptors (Lipinski definition) is 4. The number of anilines is 1. The van der Waals surface area contributed by atoms with E-state index in [4.69, 9.17) is 0 Å². The fourth-order valence-corrected chi connectivity index (χ4v) is 2.25. The van der Waals surface area contributed by atoms with Gasteiger partial charge in [-0.1, -0.05) is 13.0 Å². The Kier molecular flexibility index (Phi) is 4.11. The standard InChI is InChI=1S/C13H17N3O3/c1-2-9-5-6-10(8-12(9)16(18)19)15-13(17)11-4-3-7-14-11/h5-6,8,11,14H,2-4,7H2,1H3,(H,15,17)/t11-/m1/s1. The van der Waals surface area contributed by atoms with E-state index < -0.39 is 4.92 Å². The van der Waals surface area contributed by atoms with Crippen molar-refractivity contribution in [2.45, 2.75) is 32.2 Å². The fraction of sp³-hybridized carbons (Fsp3) is 0.462. The van der Waals surface area contributed by atoms with E-state index in [-0.39, 0.29) is 17.6 Å². The van der Waals surface area contributed by atoms with Crippen LogP contribution in [0.25, 0.3) is 0 Å². The number of hydrogen-bond donors (Lipinski definition) is 2. The quantitative estimate of drug-likeness (QED) is 0.641. The number of rotatable bonds is 4. The lowest BCUT2D eigenvalue weighted by molar-refractivity contribution is -0.385. The zero-order valence-electron chi connectivity index (χ0n) is 10.8. The van der Waals surface area contributed by atoms with Crippen LogP contribution in [0.1, 0.15) is 25.3 Å². The molecular weight excluding hydrogens is 246 g/mol. The fourth-order valence-electron chi connectivity index (χ4n) is 2.25. The van der Waals surface area contributed by atoms with E-state index in [1.54, 1.807) is 12.1 Å². The van der Waals surface area contributed by atoms with Gasteiger partial charge in [0.15, 0.2) is 0 Å². The second-order valence-corrected chi connectivity index (χ2v) is 4.59. The summed E-state index contributed by atoms with van der Waals surface area (Å²) in [5, 5.41) is 16.8. The molecule has 1 aliphatic heterocycles. The summed E-state index contributed by atoms with van der Waals surface area (Å²) in [4.78, 5) is 22.4. The lowest BCUT2D eigenvalue weighted by Gasteiger charge is -2.11. The lowest BCUT2D eigenvalue weighted by Crippen LogP contribution is -2.35. The molecule has 1 fully saturated rings. The highest BCUT2D eigenvalue weighted by Crippen LogP contribution is 2.24. The Bertz CT molecular complexity index is 496. The average molecular weight is 263 g/mol. The molecule has 0 saturated carbocycles. The van der Waals surface area contributed by atoms with Crippen LogP contribution >= 0.6 is 0 Å². The normalized spacial score (nSPS) is 18.3. The van der Waals surface area contributed by atoms with Gasteiger partial charge in [0.25, 0.3) is 5.69 Å². The third-order valence-electron chi connectivity index (χ3n) is 3.31. The van der Waals surface area contributed by atoms with Crippen molar-refractivity contribution in [2.24, 2.45) is 0 Å². The molecule has 19 heavy (non-hydrogen) atoms. The molecule has 6 nitrogen and oxygen atoms in total. The predicted octanol–water partition coefficient (Wildman–Crippen LogP) is 1.85. The number of carbonyl (C=O) groups excluding carboxylic acids is 1. The van der Waals surface area contributed by atoms with Crippen LogP contribution in [0.5, 0.6) is 0 Å². The first kappa shape index (κ1) is 13.5. The SMILES string of the molecule is CCc1ccc(NC(=O)[C@H]2CCCN2)cc1[N+](=O)[O-]. The summed E-state index contributed by atoms with van der Waals surface area (Å²) in [6, 6.07) is 4.63. The van der Waals surface area contributed by atoms with Crippen molar-refractivity contribution in [3.05, 3.63) is 33.9 Å². The molecule has 0 aromatic heterocycles. The van der Waals surface area contributed by atoms with E-state index in [1.807, 2.05) is 6.92 Å². The summed E-state index contributed by atoms with van der Waals surface area (Å²) < 4.78 is 0. The molecule has 2 N–H and O–H groups in total. The van der Waals surface area contributed by atoms with E-state index in [0.717, 1.165) is 19.4 Å². The monoisotopic (exact) mass is 263 g/mol. The van der Waals surface area contributed by atoms with Gasteiger partial charge in [-0.15, -0.1) is 0 Å². The van der Waals surface area contributed by atoms with Crippen LogP contribution in [-0.4, -0.2) is 23.4 Å². The van der Waals surface area contributed by atoms with Crippen LogP contribution in [0.2, 0.25) is 0 Å². The number of nitro groups is 1. The Hall–Kier alpha value is -1.95. The van der Waals surface area contributed by atoms with Gasteiger partial charge in [-0.3, -0.25) is 14.9 Å². The lowest BCUT2D eigenvalue weighted by atomic mass is 10.1. The zero-order chi connectivity index (χ0) is 13.8. The molecule has 1 amide bonds. The average Bonchev–Trinajstić information content (AvgIpc) is 2.92. The van der Waals surface area contributed by atoms with Crippen LogP contribution in [0.3, 0.4) is 0 Å². The van der Waals surface area contributed by atoms with Crippen molar-refractivity contribution in [3.8, 4) is 0 Å². The van der Waals surface area contributed by atoms with E-state index in [9.17, 15) is 14.9 Å². The number of benzene rings is 1. The molecule has 0 bridgehead atoms. The van der Waals surface area contributed by atoms with Gasteiger partial charge in [0.05, 0.1) is 11.0 Å². The van der Waals surface area contributed by atoms with E-state index in [2.05, 4.69) is 10.6 Å². The minimum Gasteiger partial charge on any atom is -0.324 e. The summed E-state index contributed by atoms with van der Waals surface area (Å²) in [5.74, 6) is -0.129. The summed E-state index contributed by atoms with van der Waals surface area (Å²) in [7, 11) is 0. The maximum Gasteiger partial charge on any atom is 0.274 e. The third-order valence-corrected chi connectivity index (χ3v) is 3.31. The van der Waals surface area contributed by atoms with Crippen LogP contribution in [-0.2, 0) is 11.2 Å². The van der Waals surface area contributed by atoms with E-state index >= 15 is 0 Å². The summed E-state index contributed by atoms with van der Waals surface area (Å²) >= 11 is 0. The minimum atomic E-state index is -0.414. The Morgan fingerprint density at radius 1 is 1.58 bits per heavy atom. The highest BCUT2D eigenvalue weighted by atomic mass is 16.6. The molecule has 1 aliphatic rings. The largest absolute Gasteiger partial charge is 0.324 e. The molecule has 0 aliphatic carbocycles. The second kappa shape index (κ2) is 5.79. The van der Waals surface area contributed by atoms with Crippen LogP contribution in [0.15, 0.2) is 18.2 Å². The van der Waals surface area contributed by atoms with E-state index in [0.29, 0.717) is 17.7 Å². The van der Waals surface area contributed by atoms with Crippen molar-refractivity contribution in [3.63, 3.8) is 0 Å². The van der Waals surface area contributed by atoms with Crippen molar-refractivity contribution in [1.29, 1.82) is 0 Å². The molecule has 0 unspecified atom stereocenters. The van der Waals surface area contributed by atoms with Gasteiger partial charge in [0.1, 0.15) is 0 Å². The van der Waals surface area contributed by atoms with Gasteiger partial charge in [-0.25, -0.2) is 0 Å². The number of nitrogens with one attached hydrogen (secondary N) is 2. The van der Waals surface area contributed by atoms with Gasteiger partial charge in [0.2, 0.25) is 5.91 Å². The first-order valence-corrected chi connectivity index (χ1v) is 6.43. The van der Waals surface area contributed by atoms with Crippen LogP contribution in [0.4, 0.5) is 11.4 Å². The molecule has 102 valence electrons. The maximum atomic E-state index is 11.9. The molecule has 2 rings (SSSR count). The summed E-state index contributed by atoms with van der Waals surface area (Å²) in [6.45, 7) is 2.70. The molecule has 1 saturated heterocycles. The van der Waals surface area contributed by atoms with Gasteiger partial charge in [-0.2, -0.15) is 0 Å². The van der Waals surface area contributed by atoms with Crippen molar-refractivity contribution >= 4 is 17.3 Å². The summed E-state index contributed by atoms with van der Waals surface area (Å²) in [5.41, 5.74) is 1.20. The van der Waals surface area contributed by atoms with Crippen molar-refractivity contribution in [1.82, 2.24) is 5.32 Å². The number of nitrogens with zero attached hydrogens (tertiary/aromatic N) is 1. The molecule has 1 aromatic carbocycles. The summed E-state index contributed by atoms with van der Waals surface area (Å²) in [6.07, 6.45) is 2.38. The van der Waals surface area contributed by atoms with Gasteiger partial charge >= 0.3 is 0 Å². The molecule has 0 spiro atoms. The number of nitro benzene ring substituents is 1. The van der Waals surface area contributed by atoms with Crippen molar-refractivity contribution in [2.75, 3.05) is 11.9 Å². The Morgan fingerprint density at radius 3 is 2.95 bits per heavy atom. The number of aryl methyl sites for hydroxylation is 1. The molecular formula is C13H17N3O3. The molecule has 1 atom stereocenters. The Balaban J connectivity index is 2.14. The topological polar surface area (TPSA) is 84.3 Å². The molecule has 1 aromatic rings. The third kappa shape index (κ3) is 3.08. The van der Waals surface area contributed by atoms with Gasteiger partial charge in [-0.05, 0) is 31.9 Å². The van der Waals surface area contributed by atoms with E-state index in [1.165, 1.54) is 6.07 Å². The number of carbonyl (C=O) groups is 1. The van der Waals surface area contributed by atoms with Crippen molar-refractivity contribution < 1.29 is 9.72 Å². The second-order valence-electron chi connectivity index (χ2n) is 4.59. The predicted molar refractivity (Wildman–Crippen MR) is 72.1 cm³/mol. The highest BCUT2D eigenvalue weighted by Gasteiger charge is 2.22. The zero-order valence-corrected chi connectivity index (χ0v) is 10.8. The first-order valence-electron chi connectivity index (χ1n) is 6.43. The maximum absolute atomic E-state index is 11.9. The Labute approximate surface area is 111 Å². The van der Waals surface area contributed by atoms with Crippen LogP contribution < -0.4 is 10.6 Å². The smallest absolute Gasteiger partial charge is 0.274 e. The molecule has 6 heteroatoms. The van der Waals surface area contributed by atoms with Gasteiger partial charge < -0.3 is 10.6 Å². The van der Waals surface area contributed by atoms with Crippen LogP contribution in [0, 0.1) is 10.1 Å². The minimum absolute atomic E-state index is 0.0553. The Morgan fingerprint density at radius 2 is 2.37 bits per heavy atom.